The molecule has 1 aliphatic rings. The fourth-order valence-corrected chi connectivity index (χ4v) is 3.24. The maximum absolute atomic E-state index is 9.32. The summed E-state index contributed by atoms with van der Waals surface area (Å²) in [7, 11) is 0. The van der Waals surface area contributed by atoms with Crippen molar-refractivity contribution in [3.63, 3.8) is 0 Å². The Kier molecular flexibility index (Phi) is 5.56. The molecule has 1 atom stereocenters. The van der Waals surface area contributed by atoms with Crippen molar-refractivity contribution in [1.82, 2.24) is 5.32 Å². The zero-order valence-corrected chi connectivity index (χ0v) is 12.2. The Labute approximate surface area is 119 Å². The number of nitrogens with one attached hydrogen (secondary N) is 2. The van der Waals surface area contributed by atoms with E-state index in [-0.39, 0.29) is 0 Å². The van der Waals surface area contributed by atoms with Crippen LogP contribution in [-0.2, 0) is 0 Å². The summed E-state index contributed by atoms with van der Waals surface area (Å²) in [5, 5.41) is 16.2. The first-order valence-electron chi connectivity index (χ1n) is 6.98. The summed E-state index contributed by atoms with van der Waals surface area (Å²) in [6, 6.07) is 9.02. The Morgan fingerprint density at radius 1 is 1.53 bits per heavy atom. The molecule has 2 N–H and O–H groups in total. The number of thioether (sulfide) groups is 1. The first-order chi connectivity index (χ1) is 9.35. The van der Waals surface area contributed by atoms with Crippen LogP contribution in [-0.4, -0.2) is 24.9 Å². The van der Waals surface area contributed by atoms with Gasteiger partial charge >= 0.3 is 0 Å². The van der Waals surface area contributed by atoms with Gasteiger partial charge in [-0.3, -0.25) is 0 Å². The number of benzene rings is 1. The van der Waals surface area contributed by atoms with Gasteiger partial charge in [0, 0.05) is 17.5 Å². The lowest BCUT2D eigenvalue weighted by atomic mass is 10.1. The summed E-state index contributed by atoms with van der Waals surface area (Å²) in [4.78, 5) is 1.08. The van der Waals surface area contributed by atoms with Crippen LogP contribution in [0.2, 0.25) is 0 Å². The highest BCUT2D eigenvalue weighted by Gasteiger charge is 2.13. The highest BCUT2D eigenvalue weighted by Crippen LogP contribution is 2.27. The van der Waals surface area contributed by atoms with Crippen LogP contribution < -0.4 is 10.6 Å². The Morgan fingerprint density at radius 2 is 2.42 bits per heavy atom. The molecule has 0 aromatic heterocycles. The number of rotatable bonds is 6. The van der Waals surface area contributed by atoms with Gasteiger partial charge in [-0.15, -0.1) is 11.8 Å². The molecule has 1 aromatic carbocycles. The average Bonchev–Trinajstić information content (AvgIpc) is 2.93. The Morgan fingerprint density at radius 3 is 3.11 bits per heavy atom. The predicted octanol–water partition coefficient (Wildman–Crippen LogP) is 3.22. The largest absolute Gasteiger partial charge is 0.384 e. The zero-order valence-electron chi connectivity index (χ0n) is 11.4. The van der Waals surface area contributed by atoms with Crippen LogP contribution in [0.1, 0.15) is 31.7 Å². The molecule has 1 fully saturated rings. The molecule has 1 saturated heterocycles. The molecule has 1 aromatic rings. The second-order valence-electron chi connectivity index (χ2n) is 4.73. The van der Waals surface area contributed by atoms with E-state index in [1.807, 2.05) is 18.2 Å². The van der Waals surface area contributed by atoms with Gasteiger partial charge in [-0.2, -0.15) is 5.26 Å². The standard InChI is InChI=1S/C15H21N3S/c1-2-19-15-7-3-6-14(13(15)11-16)18-10-8-12-5-4-9-17-12/h3,6-7,12,17-18H,2,4-5,8-10H2,1H3. The minimum Gasteiger partial charge on any atom is -0.384 e. The molecule has 0 spiro atoms. The van der Waals surface area contributed by atoms with Gasteiger partial charge in [0.2, 0.25) is 0 Å². The molecule has 0 saturated carbocycles. The molecule has 4 heteroatoms. The molecule has 0 radical (unpaired) electrons. The molecule has 0 amide bonds. The van der Waals surface area contributed by atoms with Crippen molar-refractivity contribution in [3.05, 3.63) is 23.8 Å². The quantitative estimate of drug-likeness (QED) is 0.783. The molecule has 19 heavy (non-hydrogen) atoms. The zero-order chi connectivity index (χ0) is 13.5. The highest BCUT2D eigenvalue weighted by atomic mass is 32.2. The first-order valence-corrected chi connectivity index (χ1v) is 7.97. The van der Waals surface area contributed by atoms with Gasteiger partial charge in [0.15, 0.2) is 0 Å². The Balaban J connectivity index is 1.95. The number of hydrogen-bond acceptors (Lipinski definition) is 4. The number of anilines is 1. The molecule has 3 nitrogen and oxygen atoms in total. The highest BCUT2D eigenvalue weighted by molar-refractivity contribution is 7.99. The summed E-state index contributed by atoms with van der Waals surface area (Å²) < 4.78 is 0. The van der Waals surface area contributed by atoms with E-state index in [4.69, 9.17) is 0 Å². The lowest BCUT2D eigenvalue weighted by Gasteiger charge is -2.13. The van der Waals surface area contributed by atoms with Crippen LogP contribution in [0.5, 0.6) is 0 Å². The molecule has 0 bridgehead atoms. The van der Waals surface area contributed by atoms with Crippen LogP contribution >= 0.6 is 11.8 Å². The van der Waals surface area contributed by atoms with Gasteiger partial charge in [0.25, 0.3) is 0 Å². The minimum absolute atomic E-state index is 0.645. The summed E-state index contributed by atoms with van der Waals surface area (Å²) in [5.41, 5.74) is 1.76. The van der Waals surface area contributed by atoms with E-state index in [9.17, 15) is 5.26 Å². The van der Waals surface area contributed by atoms with Gasteiger partial charge in [-0.05, 0) is 43.7 Å². The van der Waals surface area contributed by atoms with Crippen LogP contribution in [0, 0.1) is 11.3 Å². The molecule has 1 unspecified atom stereocenters. The monoisotopic (exact) mass is 275 g/mol. The predicted molar refractivity (Wildman–Crippen MR) is 81.7 cm³/mol. The van der Waals surface area contributed by atoms with Crippen LogP contribution in [0.15, 0.2) is 23.1 Å². The maximum atomic E-state index is 9.32. The van der Waals surface area contributed by atoms with Crippen molar-refractivity contribution < 1.29 is 0 Å². The SMILES string of the molecule is CCSc1cccc(NCCC2CCCN2)c1C#N. The van der Waals surface area contributed by atoms with E-state index in [1.165, 1.54) is 12.8 Å². The van der Waals surface area contributed by atoms with Crippen LogP contribution in [0.3, 0.4) is 0 Å². The summed E-state index contributed by atoms with van der Waals surface area (Å²) in [5.74, 6) is 0.990. The topological polar surface area (TPSA) is 47.8 Å². The molecule has 1 heterocycles. The van der Waals surface area contributed by atoms with E-state index in [0.717, 1.165) is 41.4 Å². The second-order valence-corrected chi connectivity index (χ2v) is 6.04. The normalized spacial score (nSPS) is 18.2. The van der Waals surface area contributed by atoms with E-state index in [1.54, 1.807) is 11.8 Å². The van der Waals surface area contributed by atoms with E-state index >= 15 is 0 Å². The van der Waals surface area contributed by atoms with Crippen molar-refractivity contribution in [2.75, 3.05) is 24.2 Å². The Bertz CT molecular complexity index is 447. The lowest BCUT2D eigenvalue weighted by Crippen LogP contribution is -2.24. The van der Waals surface area contributed by atoms with Gasteiger partial charge in [0.1, 0.15) is 6.07 Å². The lowest BCUT2D eigenvalue weighted by molar-refractivity contribution is 0.574. The third-order valence-electron chi connectivity index (χ3n) is 3.41. The van der Waals surface area contributed by atoms with E-state index < -0.39 is 0 Å². The molecule has 2 rings (SSSR count). The van der Waals surface area contributed by atoms with Crippen LogP contribution in [0.4, 0.5) is 5.69 Å². The summed E-state index contributed by atoms with van der Waals surface area (Å²) in [6.07, 6.45) is 3.69. The van der Waals surface area contributed by atoms with Crippen molar-refractivity contribution in [2.45, 2.75) is 37.1 Å². The van der Waals surface area contributed by atoms with Crippen molar-refractivity contribution in [2.24, 2.45) is 0 Å². The van der Waals surface area contributed by atoms with Gasteiger partial charge < -0.3 is 10.6 Å². The maximum Gasteiger partial charge on any atom is 0.102 e. The third kappa shape index (κ3) is 3.89. The fraction of sp³-hybridized carbons (Fsp3) is 0.533. The smallest absolute Gasteiger partial charge is 0.102 e. The first kappa shape index (κ1) is 14.2. The summed E-state index contributed by atoms with van der Waals surface area (Å²) >= 11 is 1.72. The van der Waals surface area contributed by atoms with Crippen molar-refractivity contribution >= 4 is 17.4 Å². The molecular formula is C15H21N3S. The third-order valence-corrected chi connectivity index (χ3v) is 4.35. The average molecular weight is 275 g/mol. The summed E-state index contributed by atoms with van der Waals surface area (Å²) in [6.45, 7) is 4.18. The Hall–Kier alpha value is -1.18. The number of hydrogen-bond donors (Lipinski definition) is 2. The molecular weight excluding hydrogens is 254 g/mol. The second kappa shape index (κ2) is 7.42. The number of nitrogens with zero attached hydrogens (tertiary/aromatic N) is 1. The van der Waals surface area contributed by atoms with Crippen molar-refractivity contribution in [1.29, 1.82) is 5.26 Å². The van der Waals surface area contributed by atoms with Crippen LogP contribution in [0.25, 0.3) is 0 Å². The van der Waals surface area contributed by atoms with Gasteiger partial charge in [0.05, 0.1) is 11.3 Å². The van der Waals surface area contributed by atoms with Gasteiger partial charge in [-0.1, -0.05) is 13.0 Å². The fourth-order valence-electron chi connectivity index (χ4n) is 2.45. The van der Waals surface area contributed by atoms with Crippen molar-refractivity contribution in [3.8, 4) is 6.07 Å². The van der Waals surface area contributed by atoms with Gasteiger partial charge in [-0.25, -0.2) is 0 Å². The van der Waals surface area contributed by atoms with E-state index in [2.05, 4.69) is 23.6 Å². The molecule has 102 valence electrons. The minimum atomic E-state index is 0.645. The number of nitriles is 1. The molecule has 1 aliphatic heterocycles. The molecule has 0 aliphatic carbocycles. The van der Waals surface area contributed by atoms with E-state index in [0.29, 0.717) is 6.04 Å².